The lowest BCUT2D eigenvalue weighted by Gasteiger charge is -2.33. The zero-order valence-corrected chi connectivity index (χ0v) is 16.1. The van der Waals surface area contributed by atoms with Gasteiger partial charge in [0.25, 0.3) is 5.91 Å². The fourth-order valence-electron chi connectivity index (χ4n) is 3.48. The van der Waals surface area contributed by atoms with Crippen molar-refractivity contribution < 1.29 is 4.79 Å². The molecule has 0 spiro atoms. The van der Waals surface area contributed by atoms with Gasteiger partial charge >= 0.3 is 0 Å². The predicted molar refractivity (Wildman–Crippen MR) is 108 cm³/mol. The number of rotatable bonds is 5. The van der Waals surface area contributed by atoms with Crippen molar-refractivity contribution in [1.29, 1.82) is 0 Å². The van der Waals surface area contributed by atoms with Gasteiger partial charge in [-0.25, -0.2) is 4.98 Å². The average molecular weight is 397 g/mol. The first kappa shape index (κ1) is 18.4. The molecule has 1 amide bonds. The van der Waals surface area contributed by atoms with Gasteiger partial charge in [0.2, 0.25) is 0 Å². The summed E-state index contributed by atoms with van der Waals surface area (Å²) in [4.78, 5) is 20.9. The Morgan fingerprint density at radius 1 is 1.18 bits per heavy atom. The standard InChI is InChI=1S/C20H21ClN6O/c21-16-7-8-19(23-13-16)22-12-15-4-3-11-26(14-15)20(28)17-5-1-2-6-18(17)27-24-9-10-25-27/h1-2,5-10,13,15H,3-4,11-12,14H2,(H,22,23)/t15-/m1/s1. The minimum absolute atomic E-state index is 0.0159. The number of nitrogens with zero attached hydrogens (tertiary/aromatic N) is 5. The topological polar surface area (TPSA) is 75.9 Å². The van der Waals surface area contributed by atoms with E-state index in [0.29, 0.717) is 28.7 Å². The molecule has 3 heterocycles. The summed E-state index contributed by atoms with van der Waals surface area (Å²) in [6, 6.07) is 11.1. The Kier molecular flexibility index (Phi) is 5.53. The van der Waals surface area contributed by atoms with Crippen molar-refractivity contribution in [2.75, 3.05) is 25.0 Å². The number of carbonyl (C=O) groups is 1. The van der Waals surface area contributed by atoms with Crippen LogP contribution in [0.4, 0.5) is 5.82 Å². The highest BCUT2D eigenvalue weighted by Crippen LogP contribution is 2.22. The quantitative estimate of drug-likeness (QED) is 0.716. The highest BCUT2D eigenvalue weighted by atomic mass is 35.5. The van der Waals surface area contributed by atoms with Crippen LogP contribution >= 0.6 is 11.6 Å². The Balaban J connectivity index is 1.43. The zero-order valence-electron chi connectivity index (χ0n) is 15.3. The fraction of sp³-hybridized carbons (Fsp3) is 0.300. The summed E-state index contributed by atoms with van der Waals surface area (Å²) < 4.78 is 0. The number of hydrogen-bond acceptors (Lipinski definition) is 5. The van der Waals surface area contributed by atoms with E-state index < -0.39 is 0 Å². The number of likely N-dealkylation sites (tertiary alicyclic amines) is 1. The number of carbonyl (C=O) groups excluding carboxylic acids is 1. The number of piperidine rings is 1. The minimum Gasteiger partial charge on any atom is -0.370 e. The van der Waals surface area contributed by atoms with Crippen molar-refractivity contribution in [2.45, 2.75) is 12.8 Å². The molecule has 8 heteroatoms. The second-order valence-corrected chi connectivity index (χ2v) is 7.27. The van der Waals surface area contributed by atoms with E-state index >= 15 is 0 Å². The third-order valence-corrected chi connectivity index (χ3v) is 5.10. The van der Waals surface area contributed by atoms with Gasteiger partial charge in [0.05, 0.1) is 28.7 Å². The van der Waals surface area contributed by atoms with E-state index in [0.717, 1.165) is 31.7 Å². The first-order valence-corrected chi connectivity index (χ1v) is 9.69. The third kappa shape index (κ3) is 4.14. The summed E-state index contributed by atoms with van der Waals surface area (Å²) in [5, 5.41) is 12.3. The predicted octanol–water partition coefficient (Wildman–Crippen LogP) is 3.28. The van der Waals surface area contributed by atoms with Crippen LogP contribution in [0.3, 0.4) is 0 Å². The molecule has 3 aromatic rings. The molecule has 7 nitrogen and oxygen atoms in total. The second kappa shape index (κ2) is 8.39. The number of nitrogens with one attached hydrogen (secondary N) is 1. The molecule has 2 aromatic heterocycles. The fourth-order valence-corrected chi connectivity index (χ4v) is 3.60. The molecule has 1 aliphatic heterocycles. The Morgan fingerprint density at radius 2 is 2.00 bits per heavy atom. The van der Waals surface area contributed by atoms with E-state index in [-0.39, 0.29) is 5.91 Å². The number of hydrogen-bond donors (Lipinski definition) is 1. The van der Waals surface area contributed by atoms with Crippen molar-refractivity contribution in [3.8, 4) is 5.69 Å². The summed E-state index contributed by atoms with van der Waals surface area (Å²) in [6.45, 7) is 2.23. The summed E-state index contributed by atoms with van der Waals surface area (Å²) in [5.74, 6) is 1.18. The molecule has 1 atom stereocenters. The van der Waals surface area contributed by atoms with Crippen molar-refractivity contribution >= 4 is 23.3 Å². The normalized spacial score (nSPS) is 16.8. The molecular formula is C20H21ClN6O. The van der Waals surface area contributed by atoms with Crippen molar-refractivity contribution in [2.24, 2.45) is 5.92 Å². The molecule has 0 bridgehead atoms. The SMILES string of the molecule is O=C(c1ccccc1-n1nccn1)N1CCC[C@H](CNc2ccc(Cl)cn2)C1. The van der Waals surface area contributed by atoms with Crippen LogP contribution in [0.1, 0.15) is 23.2 Å². The van der Waals surface area contributed by atoms with Crippen LogP contribution in [-0.2, 0) is 0 Å². The highest BCUT2D eigenvalue weighted by Gasteiger charge is 2.26. The molecule has 4 rings (SSSR count). The third-order valence-electron chi connectivity index (χ3n) is 4.87. The first-order valence-electron chi connectivity index (χ1n) is 9.31. The van der Waals surface area contributed by atoms with Crippen molar-refractivity contribution in [3.05, 3.63) is 65.6 Å². The molecule has 1 aliphatic rings. The molecule has 0 aliphatic carbocycles. The maximum atomic E-state index is 13.2. The van der Waals surface area contributed by atoms with Crippen LogP contribution in [0, 0.1) is 5.92 Å². The average Bonchev–Trinajstić information content (AvgIpc) is 3.28. The molecule has 1 saturated heterocycles. The molecule has 1 fully saturated rings. The van der Waals surface area contributed by atoms with E-state index in [1.165, 1.54) is 4.80 Å². The maximum absolute atomic E-state index is 13.2. The largest absolute Gasteiger partial charge is 0.370 e. The summed E-state index contributed by atoms with van der Waals surface area (Å²) in [7, 11) is 0. The van der Waals surface area contributed by atoms with Crippen LogP contribution in [0.25, 0.3) is 5.69 Å². The van der Waals surface area contributed by atoms with Crippen molar-refractivity contribution in [1.82, 2.24) is 24.9 Å². The van der Waals surface area contributed by atoms with Crippen LogP contribution in [0.5, 0.6) is 0 Å². The Bertz CT molecular complexity index is 928. The molecule has 144 valence electrons. The number of para-hydroxylation sites is 1. The van der Waals surface area contributed by atoms with Gasteiger partial charge in [-0.1, -0.05) is 23.7 Å². The van der Waals surface area contributed by atoms with Gasteiger partial charge in [-0.3, -0.25) is 4.79 Å². The van der Waals surface area contributed by atoms with Gasteiger partial charge in [-0.15, -0.1) is 0 Å². The molecular weight excluding hydrogens is 376 g/mol. The monoisotopic (exact) mass is 396 g/mol. The van der Waals surface area contributed by atoms with E-state index in [4.69, 9.17) is 11.6 Å². The molecule has 0 saturated carbocycles. The van der Waals surface area contributed by atoms with E-state index in [2.05, 4.69) is 20.5 Å². The summed E-state index contributed by atoms with van der Waals surface area (Å²) in [5.41, 5.74) is 1.31. The second-order valence-electron chi connectivity index (χ2n) is 6.84. The number of amides is 1. The number of anilines is 1. The van der Waals surface area contributed by atoms with Crippen LogP contribution in [0.15, 0.2) is 55.0 Å². The molecule has 1 aromatic carbocycles. The van der Waals surface area contributed by atoms with Gasteiger partial charge < -0.3 is 10.2 Å². The molecule has 0 unspecified atom stereocenters. The number of benzene rings is 1. The van der Waals surface area contributed by atoms with E-state index in [1.54, 1.807) is 18.6 Å². The molecule has 0 radical (unpaired) electrons. The lowest BCUT2D eigenvalue weighted by atomic mass is 9.97. The van der Waals surface area contributed by atoms with E-state index in [1.807, 2.05) is 41.3 Å². The number of pyridine rings is 1. The Hall–Kier alpha value is -2.93. The van der Waals surface area contributed by atoms with Gasteiger partial charge in [-0.05, 0) is 43.0 Å². The van der Waals surface area contributed by atoms with Gasteiger partial charge in [-0.2, -0.15) is 15.0 Å². The maximum Gasteiger partial charge on any atom is 0.256 e. The highest BCUT2D eigenvalue weighted by molar-refractivity contribution is 6.30. The Labute approximate surface area is 168 Å². The number of aromatic nitrogens is 4. The zero-order chi connectivity index (χ0) is 19.3. The van der Waals surface area contributed by atoms with Gasteiger partial charge in [0.15, 0.2) is 0 Å². The number of halogens is 1. The van der Waals surface area contributed by atoms with Gasteiger partial charge in [0, 0.05) is 25.8 Å². The smallest absolute Gasteiger partial charge is 0.256 e. The first-order chi connectivity index (χ1) is 13.7. The minimum atomic E-state index is 0.0159. The van der Waals surface area contributed by atoms with Crippen molar-refractivity contribution in [3.63, 3.8) is 0 Å². The lowest BCUT2D eigenvalue weighted by molar-refractivity contribution is 0.0680. The Morgan fingerprint density at radius 3 is 2.79 bits per heavy atom. The van der Waals surface area contributed by atoms with Crippen LogP contribution in [-0.4, -0.2) is 50.4 Å². The van der Waals surface area contributed by atoms with Gasteiger partial charge in [0.1, 0.15) is 5.82 Å². The van der Waals surface area contributed by atoms with E-state index in [9.17, 15) is 4.79 Å². The van der Waals surface area contributed by atoms with Crippen LogP contribution < -0.4 is 5.32 Å². The molecule has 28 heavy (non-hydrogen) atoms. The lowest BCUT2D eigenvalue weighted by Crippen LogP contribution is -2.42. The summed E-state index contributed by atoms with van der Waals surface area (Å²) in [6.07, 6.45) is 6.89. The summed E-state index contributed by atoms with van der Waals surface area (Å²) >= 11 is 5.88. The van der Waals surface area contributed by atoms with Crippen LogP contribution in [0.2, 0.25) is 5.02 Å². The molecule has 1 N–H and O–H groups in total.